The molecule has 2 aromatic carbocycles. The largest absolute Gasteiger partial charge is 0.347 e. The number of halogens is 2. The molecule has 2 rings (SSSR count). The molecule has 1 unspecified atom stereocenters. The van der Waals surface area contributed by atoms with Crippen molar-refractivity contribution in [2.24, 2.45) is 5.73 Å². The third kappa shape index (κ3) is 5.65. The molecule has 2 aromatic rings. The SMILES string of the molecule is CC(C)(NC(=O)CC(N)c1ccccc1)c1ccc(Br)cc1.Cl. The first-order chi connectivity index (χ1) is 10.4. The number of nitrogens with one attached hydrogen (secondary N) is 1. The van der Waals surface area contributed by atoms with Crippen LogP contribution in [0.25, 0.3) is 0 Å². The molecule has 0 bridgehead atoms. The van der Waals surface area contributed by atoms with Crippen LogP contribution in [0, 0.1) is 0 Å². The van der Waals surface area contributed by atoms with Gasteiger partial charge >= 0.3 is 0 Å². The molecule has 1 amide bonds. The number of benzene rings is 2. The lowest BCUT2D eigenvalue weighted by molar-refractivity contribution is -0.123. The Hall–Kier alpha value is -1.36. The fourth-order valence-corrected chi connectivity index (χ4v) is 2.62. The first kappa shape index (κ1) is 19.7. The summed E-state index contributed by atoms with van der Waals surface area (Å²) >= 11 is 3.42. The van der Waals surface area contributed by atoms with E-state index in [9.17, 15) is 4.79 Å². The van der Waals surface area contributed by atoms with Crippen molar-refractivity contribution in [1.29, 1.82) is 0 Å². The Bertz CT molecular complexity index is 629. The predicted octanol–water partition coefficient (Wildman–Crippen LogP) is 4.31. The van der Waals surface area contributed by atoms with E-state index in [2.05, 4.69) is 21.2 Å². The monoisotopic (exact) mass is 396 g/mol. The maximum atomic E-state index is 12.3. The van der Waals surface area contributed by atoms with Crippen molar-refractivity contribution in [2.45, 2.75) is 31.8 Å². The quantitative estimate of drug-likeness (QED) is 0.790. The Morgan fingerprint density at radius 1 is 1.13 bits per heavy atom. The molecule has 0 aliphatic rings. The minimum Gasteiger partial charge on any atom is -0.347 e. The number of carbonyl (C=O) groups is 1. The fraction of sp³-hybridized carbons (Fsp3) is 0.278. The average molecular weight is 398 g/mol. The predicted molar refractivity (Wildman–Crippen MR) is 101 cm³/mol. The highest BCUT2D eigenvalue weighted by Gasteiger charge is 2.23. The van der Waals surface area contributed by atoms with Crippen LogP contribution in [0.3, 0.4) is 0 Å². The van der Waals surface area contributed by atoms with Gasteiger partial charge in [0.25, 0.3) is 0 Å². The minimum atomic E-state index is -0.436. The van der Waals surface area contributed by atoms with Crippen LogP contribution in [0.5, 0.6) is 0 Å². The highest BCUT2D eigenvalue weighted by molar-refractivity contribution is 9.10. The van der Waals surface area contributed by atoms with E-state index in [1.165, 1.54) is 0 Å². The summed E-state index contributed by atoms with van der Waals surface area (Å²) < 4.78 is 1.02. The van der Waals surface area contributed by atoms with E-state index in [1.54, 1.807) is 0 Å². The topological polar surface area (TPSA) is 55.1 Å². The normalized spacial score (nSPS) is 12.2. The lowest BCUT2D eigenvalue weighted by atomic mass is 9.93. The van der Waals surface area contributed by atoms with Crippen molar-refractivity contribution >= 4 is 34.2 Å². The third-order valence-electron chi connectivity index (χ3n) is 3.65. The molecule has 0 spiro atoms. The summed E-state index contributed by atoms with van der Waals surface area (Å²) in [6, 6.07) is 17.3. The van der Waals surface area contributed by atoms with E-state index < -0.39 is 5.54 Å². The highest BCUT2D eigenvalue weighted by atomic mass is 79.9. The van der Waals surface area contributed by atoms with Gasteiger partial charge in [0.15, 0.2) is 0 Å². The maximum Gasteiger partial charge on any atom is 0.222 e. The summed E-state index contributed by atoms with van der Waals surface area (Å²) in [4.78, 5) is 12.3. The summed E-state index contributed by atoms with van der Waals surface area (Å²) in [6.45, 7) is 3.98. The standard InChI is InChI=1S/C18H21BrN2O.ClH/c1-18(2,14-8-10-15(19)11-9-14)21-17(22)12-16(20)13-6-4-3-5-7-13;/h3-11,16H,12,20H2,1-2H3,(H,21,22);1H. The van der Waals surface area contributed by atoms with Gasteiger partial charge in [-0.25, -0.2) is 0 Å². The number of hydrogen-bond acceptors (Lipinski definition) is 2. The van der Waals surface area contributed by atoms with Crippen molar-refractivity contribution in [2.75, 3.05) is 0 Å². The smallest absolute Gasteiger partial charge is 0.222 e. The number of hydrogen-bond donors (Lipinski definition) is 2. The van der Waals surface area contributed by atoms with Gasteiger partial charge < -0.3 is 11.1 Å². The Balaban J connectivity index is 0.00000264. The second-order valence-electron chi connectivity index (χ2n) is 5.90. The average Bonchev–Trinajstić information content (AvgIpc) is 2.48. The number of nitrogens with two attached hydrogens (primary N) is 1. The van der Waals surface area contributed by atoms with Crippen LogP contribution in [-0.4, -0.2) is 5.91 Å². The molecule has 1 atom stereocenters. The summed E-state index contributed by atoms with van der Waals surface area (Å²) in [7, 11) is 0. The van der Waals surface area contributed by atoms with Crippen LogP contribution < -0.4 is 11.1 Å². The molecule has 0 heterocycles. The van der Waals surface area contributed by atoms with Crippen molar-refractivity contribution < 1.29 is 4.79 Å². The molecule has 5 heteroatoms. The maximum absolute atomic E-state index is 12.3. The molecule has 0 radical (unpaired) electrons. The number of carbonyl (C=O) groups excluding carboxylic acids is 1. The molecule has 0 aliphatic heterocycles. The molecule has 0 saturated carbocycles. The van der Waals surface area contributed by atoms with Gasteiger partial charge in [0.2, 0.25) is 5.91 Å². The Labute approximate surface area is 152 Å². The van der Waals surface area contributed by atoms with Gasteiger partial charge in [0, 0.05) is 16.9 Å². The van der Waals surface area contributed by atoms with E-state index in [4.69, 9.17) is 5.73 Å². The Morgan fingerprint density at radius 3 is 2.26 bits per heavy atom. The van der Waals surface area contributed by atoms with Gasteiger partial charge in [-0.3, -0.25) is 4.79 Å². The summed E-state index contributed by atoms with van der Waals surface area (Å²) in [5.74, 6) is -0.0516. The summed E-state index contributed by atoms with van der Waals surface area (Å²) in [6.07, 6.45) is 0.268. The zero-order valence-corrected chi connectivity index (χ0v) is 15.7. The minimum absolute atomic E-state index is 0. The molecule has 0 aromatic heterocycles. The molecule has 3 nitrogen and oxygen atoms in total. The molecule has 23 heavy (non-hydrogen) atoms. The zero-order chi connectivity index (χ0) is 16.2. The van der Waals surface area contributed by atoms with Crippen molar-refractivity contribution in [3.05, 3.63) is 70.2 Å². The van der Waals surface area contributed by atoms with Crippen LogP contribution in [0.1, 0.15) is 37.4 Å². The van der Waals surface area contributed by atoms with Crippen LogP contribution in [0.15, 0.2) is 59.1 Å². The molecular formula is C18H22BrClN2O. The van der Waals surface area contributed by atoms with Crippen molar-refractivity contribution in [3.63, 3.8) is 0 Å². The third-order valence-corrected chi connectivity index (χ3v) is 4.18. The first-order valence-corrected chi connectivity index (χ1v) is 8.05. The molecule has 0 aliphatic carbocycles. The molecular weight excluding hydrogens is 376 g/mol. The number of rotatable bonds is 5. The lowest BCUT2D eigenvalue weighted by Gasteiger charge is -2.27. The highest BCUT2D eigenvalue weighted by Crippen LogP contribution is 2.23. The summed E-state index contributed by atoms with van der Waals surface area (Å²) in [5, 5.41) is 3.06. The van der Waals surface area contributed by atoms with Gasteiger partial charge in [0.1, 0.15) is 0 Å². The summed E-state index contributed by atoms with van der Waals surface area (Å²) in [5.41, 5.74) is 7.69. The van der Waals surface area contributed by atoms with E-state index in [0.29, 0.717) is 0 Å². The van der Waals surface area contributed by atoms with Crippen LogP contribution >= 0.6 is 28.3 Å². The van der Waals surface area contributed by atoms with E-state index in [0.717, 1.165) is 15.6 Å². The van der Waals surface area contributed by atoms with Crippen LogP contribution in [0.2, 0.25) is 0 Å². The van der Waals surface area contributed by atoms with E-state index in [1.807, 2.05) is 68.4 Å². The van der Waals surface area contributed by atoms with E-state index in [-0.39, 0.29) is 30.8 Å². The molecule has 0 saturated heterocycles. The van der Waals surface area contributed by atoms with Crippen LogP contribution in [-0.2, 0) is 10.3 Å². The van der Waals surface area contributed by atoms with Gasteiger partial charge in [-0.05, 0) is 37.1 Å². The first-order valence-electron chi connectivity index (χ1n) is 7.26. The van der Waals surface area contributed by atoms with Crippen LogP contribution in [0.4, 0.5) is 0 Å². The fourth-order valence-electron chi connectivity index (χ4n) is 2.36. The Morgan fingerprint density at radius 2 is 1.70 bits per heavy atom. The molecule has 0 fully saturated rings. The van der Waals surface area contributed by atoms with Gasteiger partial charge in [-0.2, -0.15) is 0 Å². The van der Waals surface area contributed by atoms with Gasteiger partial charge in [-0.15, -0.1) is 12.4 Å². The molecule has 124 valence electrons. The van der Waals surface area contributed by atoms with Crippen molar-refractivity contribution in [1.82, 2.24) is 5.32 Å². The van der Waals surface area contributed by atoms with Gasteiger partial charge in [-0.1, -0.05) is 58.4 Å². The van der Waals surface area contributed by atoms with Gasteiger partial charge in [0.05, 0.1) is 5.54 Å². The lowest BCUT2D eigenvalue weighted by Crippen LogP contribution is -2.42. The second kappa shape index (κ2) is 8.48. The molecule has 3 N–H and O–H groups in total. The number of amides is 1. The zero-order valence-electron chi connectivity index (χ0n) is 13.3. The second-order valence-corrected chi connectivity index (χ2v) is 6.82. The van der Waals surface area contributed by atoms with E-state index >= 15 is 0 Å². The Kier molecular flexibility index (Phi) is 7.26. The van der Waals surface area contributed by atoms with Crippen molar-refractivity contribution in [3.8, 4) is 0 Å².